The maximum Gasteiger partial charge on any atom is 0.229 e. The molecule has 0 radical (unpaired) electrons. The summed E-state index contributed by atoms with van der Waals surface area (Å²) in [6.07, 6.45) is 0. The van der Waals surface area contributed by atoms with Gasteiger partial charge in [-0.2, -0.15) is 0 Å². The van der Waals surface area contributed by atoms with Crippen molar-refractivity contribution in [2.75, 3.05) is 25.9 Å². The van der Waals surface area contributed by atoms with Gasteiger partial charge in [0.05, 0.1) is 6.54 Å². The van der Waals surface area contributed by atoms with E-state index in [-0.39, 0.29) is 0 Å². The number of hydrogen-bond acceptors (Lipinski definition) is 3. The molecule has 0 bridgehead atoms. The van der Waals surface area contributed by atoms with Crippen LogP contribution in [0.4, 0.5) is 0 Å². The lowest BCUT2D eigenvalue weighted by atomic mass is 10.6. The largest absolute Gasteiger partial charge is 0.610 e. The van der Waals surface area contributed by atoms with Gasteiger partial charge in [-0.25, -0.2) is 4.99 Å². The van der Waals surface area contributed by atoms with Gasteiger partial charge in [-0.1, -0.05) is 0 Å². The van der Waals surface area contributed by atoms with Gasteiger partial charge in [0, 0.05) is 24.8 Å². The zero-order valence-electron chi connectivity index (χ0n) is 5.39. The van der Waals surface area contributed by atoms with Crippen LogP contribution in [0.3, 0.4) is 0 Å². The summed E-state index contributed by atoms with van der Waals surface area (Å²) >= 11 is -0.791. The maximum atomic E-state index is 11.0. The Bertz CT molecular complexity index is 126. The number of nitrogens with one attached hydrogen (secondary N) is 1. The molecule has 1 atom stereocenters. The molecule has 3 nitrogen and oxygen atoms in total. The average molecular weight is 146 g/mol. The van der Waals surface area contributed by atoms with Crippen LogP contribution < -0.4 is 5.32 Å². The lowest BCUT2D eigenvalue weighted by molar-refractivity contribution is 0.597. The van der Waals surface area contributed by atoms with E-state index < -0.39 is 11.2 Å². The van der Waals surface area contributed by atoms with Crippen molar-refractivity contribution in [2.24, 2.45) is 4.99 Å². The van der Waals surface area contributed by atoms with Gasteiger partial charge in [0.15, 0.2) is 0 Å². The molecule has 1 rings (SSSR count). The van der Waals surface area contributed by atoms with Crippen molar-refractivity contribution in [2.45, 2.75) is 0 Å². The van der Waals surface area contributed by atoms with Gasteiger partial charge in [-0.05, 0) is 0 Å². The van der Waals surface area contributed by atoms with Crippen molar-refractivity contribution in [3.8, 4) is 0 Å². The third-order valence-corrected chi connectivity index (χ3v) is 2.68. The number of hydrogen-bond donors (Lipinski definition) is 1. The first-order chi connectivity index (χ1) is 4.34. The van der Waals surface area contributed by atoms with E-state index in [1.807, 2.05) is 0 Å². The van der Waals surface area contributed by atoms with Crippen LogP contribution in [0.1, 0.15) is 0 Å². The first-order valence-corrected chi connectivity index (χ1v) is 4.21. The van der Waals surface area contributed by atoms with Crippen LogP contribution in [0.25, 0.3) is 0 Å². The summed E-state index contributed by atoms with van der Waals surface area (Å²) in [5.41, 5.74) is 0. The second-order valence-electron chi connectivity index (χ2n) is 1.84. The Morgan fingerprint density at radius 2 is 2.56 bits per heavy atom. The molecule has 1 saturated heterocycles. The zero-order valence-corrected chi connectivity index (χ0v) is 6.20. The maximum absolute atomic E-state index is 11.0. The molecule has 1 unspecified atom stereocenters. The standard InChI is InChI=1S/C5H10N2OS/c1-6-5-4-7-2-3-9(5)8/h7H,2-4H2,1H3/b6-5+. The quantitative estimate of drug-likeness (QED) is 0.462. The summed E-state index contributed by atoms with van der Waals surface area (Å²) in [5.74, 6) is 0.715. The van der Waals surface area contributed by atoms with Crippen LogP contribution in [0.2, 0.25) is 0 Å². The SMILES string of the molecule is C/N=C1\CNCC[S+]1[O-]. The Kier molecular flexibility index (Phi) is 2.50. The Labute approximate surface area is 57.7 Å². The van der Waals surface area contributed by atoms with Gasteiger partial charge in [-0.15, -0.1) is 0 Å². The third kappa shape index (κ3) is 1.67. The molecule has 1 aliphatic rings. The van der Waals surface area contributed by atoms with Crippen molar-refractivity contribution in [3.05, 3.63) is 0 Å². The molecular weight excluding hydrogens is 136 g/mol. The molecule has 0 aromatic heterocycles. The van der Waals surface area contributed by atoms with Crippen molar-refractivity contribution in [1.29, 1.82) is 0 Å². The van der Waals surface area contributed by atoms with Crippen LogP contribution in [0.15, 0.2) is 4.99 Å². The van der Waals surface area contributed by atoms with Crippen LogP contribution in [-0.4, -0.2) is 35.5 Å². The van der Waals surface area contributed by atoms with Gasteiger partial charge >= 0.3 is 0 Å². The minimum Gasteiger partial charge on any atom is -0.610 e. The highest BCUT2D eigenvalue weighted by molar-refractivity contribution is 8.06. The second-order valence-corrected chi connectivity index (χ2v) is 3.41. The van der Waals surface area contributed by atoms with Crippen molar-refractivity contribution >= 4 is 16.2 Å². The lowest BCUT2D eigenvalue weighted by Gasteiger charge is -2.17. The molecule has 0 aromatic rings. The van der Waals surface area contributed by atoms with E-state index in [9.17, 15) is 4.55 Å². The third-order valence-electron chi connectivity index (χ3n) is 1.25. The predicted molar refractivity (Wildman–Crippen MR) is 39.2 cm³/mol. The number of rotatable bonds is 0. The van der Waals surface area contributed by atoms with E-state index in [4.69, 9.17) is 0 Å². The van der Waals surface area contributed by atoms with E-state index in [1.54, 1.807) is 7.05 Å². The molecule has 0 saturated carbocycles. The highest BCUT2D eigenvalue weighted by atomic mass is 32.2. The molecular formula is C5H10N2OS. The van der Waals surface area contributed by atoms with Gasteiger partial charge in [0.1, 0.15) is 5.75 Å². The summed E-state index contributed by atoms with van der Waals surface area (Å²) in [7, 11) is 1.68. The summed E-state index contributed by atoms with van der Waals surface area (Å²) in [6, 6.07) is 0. The molecule has 0 aliphatic carbocycles. The van der Waals surface area contributed by atoms with Crippen LogP contribution in [-0.2, 0) is 11.2 Å². The van der Waals surface area contributed by atoms with Crippen LogP contribution in [0.5, 0.6) is 0 Å². The van der Waals surface area contributed by atoms with Crippen molar-refractivity contribution in [3.63, 3.8) is 0 Å². The molecule has 1 fully saturated rings. The van der Waals surface area contributed by atoms with Crippen LogP contribution >= 0.6 is 0 Å². The Balaban J connectivity index is 2.49. The number of nitrogens with zero attached hydrogens (tertiary/aromatic N) is 1. The second kappa shape index (κ2) is 3.20. The van der Waals surface area contributed by atoms with E-state index in [2.05, 4.69) is 10.3 Å². The summed E-state index contributed by atoms with van der Waals surface area (Å²) < 4.78 is 11.0. The normalized spacial score (nSPS) is 33.1. The van der Waals surface area contributed by atoms with E-state index in [0.29, 0.717) is 12.3 Å². The van der Waals surface area contributed by atoms with Gasteiger partial charge in [0.25, 0.3) is 0 Å². The van der Waals surface area contributed by atoms with Crippen molar-refractivity contribution < 1.29 is 4.55 Å². The Morgan fingerprint density at radius 3 is 3.00 bits per heavy atom. The van der Waals surface area contributed by atoms with E-state index in [0.717, 1.165) is 11.6 Å². The monoisotopic (exact) mass is 146 g/mol. The fourth-order valence-corrected chi connectivity index (χ4v) is 1.77. The molecule has 1 heterocycles. The fourth-order valence-electron chi connectivity index (χ4n) is 0.739. The molecule has 4 heteroatoms. The van der Waals surface area contributed by atoms with Gasteiger partial charge in [0.2, 0.25) is 5.04 Å². The number of aliphatic imine (C=N–C) groups is 1. The van der Waals surface area contributed by atoms with Crippen molar-refractivity contribution in [1.82, 2.24) is 5.32 Å². The Morgan fingerprint density at radius 1 is 1.78 bits per heavy atom. The molecule has 0 aromatic carbocycles. The zero-order chi connectivity index (χ0) is 6.69. The van der Waals surface area contributed by atoms with Gasteiger partial charge < -0.3 is 9.87 Å². The molecule has 0 spiro atoms. The minimum absolute atomic E-state index is 0.698. The van der Waals surface area contributed by atoms with E-state index >= 15 is 0 Å². The summed E-state index contributed by atoms with van der Waals surface area (Å²) in [6.45, 7) is 1.55. The predicted octanol–water partition coefficient (Wildman–Crippen LogP) is -0.633. The molecule has 1 N–H and O–H groups in total. The highest BCUT2D eigenvalue weighted by Crippen LogP contribution is 1.97. The first kappa shape index (κ1) is 7.05. The topological polar surface area (TPSA) is 47.5 Å². The van der Waals surface area contributed by atoms with E-state index in [1.165, 1.54) is 0 Å². The smallest absolute Gasteiger partial charge is 0.229 e. The van der Waals surface area contributed by atoms with Crippen LogP contribution in [0, 0.1) is 0 Å². The highest BCUT2D eigenvalue weighted by Gasteiger charge is 2.19. The lowest BCUT2D eigenvalue weighted by Crippen LogP contribution is -2.40. The van der Waals surface area contributed by atoms with Gasteiger partial charge in [-0.3, -0.25) is 0 Å². The average Bonchev–Trinajstić information content (AvgIpc) is 1.89. The molecule has 52 valence electrons. The Hall–Kier alpha value is -0.0600. The summed E-state index contributed by atoms with van der Waals surface area (Å²) in [5, 5.41) is 3.89. The molecule has 0 amide bonds. The fraction of sp³-hybridized carbons (Fsp3) is 0.800. The first-order valence-electron chi connectivity index (χ1n) is 2.89. The molecule has 1 aliphatic heterocycles. The molecule has 9 heavy (non-hydrogen) atoms. The summed E-state index contributed by atoms with van der Waals surface area (Å²) in [4.78, 5) is 3.88. The minimum atomic E-state index is -0.791.